The molecule has 1 atom stereocenters. The van der Waals surface area contributed by atoms with Crippen LogP contribution in [0.5, 0.6) is 0 Å². The topological polar surface area (TPSA) is 90.8 Å². The highest BCUT2D eigenvalue weighted by Gasteiger charge is 2.29. The minimum absolute atomic E-state index is 0.0624. The highest BCUT2D eigenvalue weighted by molar-refractivity contribution is 5.92. The number of nitrogens with zero attached hydrogens (tertiary/aromatic N) is 7. The monoisotopic (exact) mass is 341 g/mol. The molecule has 9 nitrogen and oxygen atoms in total. The van der Waals surface area contributed by atoms with E-state index in [4.69, 9.17) is 0 Å². The first-order valence-electron chi connectivity index (χ1n) is 8.22. The fourth-order valence-corrected chi connectivity index (χ4v) is 3.52. The van der Waals surface area contributed by atoms with Crippen LogP contribution in [0.3, 0.4) is 0 Å². The average molecular weight is 341 g/mol. The van der Waals surface area contributed by atoms with E-state index in [1.807, 2.05) is 0 Å². The molecule has 25 heavy (non-hydrogen) atoms. The first kappa shape index (κ1) is 15.6. The van der Waals surface area contributed by atoms with Crippen LogP contribution in [0.15, 0.2) is 29.6 Å². The Morgan fingerprint density at radius 3 is 2.92 bits per heavy atom. The van der Waals surface area contributed by atoms with Crippen molar-refractivity contribution >= 4 is 17.1 Å². The molecular formula is C16H19N7O2. The van der Waals surface area contributed by atoms with Crippen molar-refractivity contribution in [3.63, 3.8) is 0 Å². The first-order valence-corrected chi connectivity index (χ1v) is 8.22. The summed E-state index contributed by atoms with van der Waals surface area (Å²) < 4.78 is 4.82. The molecule has 3 aromatic rings. The molecule has 1 saturated heterocycles. The van der Waals surface area contributed by atoms with Crippen molar-refractivity contribution in [2.24, 2.45) is 14.1 Å². The Morgan fingerprint density at radius 1 is 1.32 bits per heavy atom. The summed E-state index contributed by atoms with van der Waals surface area (Å²) in [5, 5.41) is 4.06. The number of aryl methyl sites for hydroxylation is 2. The molecule has 0 bridgehead atoms. The number of rotatable bonds is 2. The number of hydrogen-bond acceptors (Lipinski definition) is 5. The predicted molar refractivity (Wildman–Crippen MR) is 90.2 cm³/mol. The number of carbonyl (C=O) groups excluding carboxylic acids is 1. The van der Waals surface area contributed by atoms with Crippen molar-refractivity contribution in [1.82, 2.24) is 33.8 Å². The molecule has 130 valence electrons. The Morgan fingerprint density at radius 2 is 2.16 bits per heavy atom. The van der Waals surface area contributed by atoms with Crippen molar-refractivity contribution in [2.45, 2.75) is 18.9 Å². The van der Waals surface area contributed by atoms with Crippen LogP contribution in [0, 0.1) is 0 Å². The van der Waals surface area contributed by atoms with Crippen LogP contribution in [0.1, 0.15) is 29.4 Å². The fourth-order valence-electron chi connectivity index (χ4n) is 3.52. The lowest BCUT2D eigenvalue weighted by molar-refractivity contribution is 0.0668. The van der Waals surface area contributed by atoms with Crippen LogP contribution in [-0.4, -0.2) is 52.8 Å². The number of carbonyl (C=O) groups is 1. The normalized spacial score (nSPS) is 18.0. The maximum atomic E-state index is 12.8. The van der Waals surface area contributed by atoms with Gasteiger partial charge in [0.25, 0.3) is 5.91 Å². The molecule has 4 rings (SSSR count). The maximum absolute atomic E-state index is 12.8. The molecule has 0 saturated carbocycles. The van der Waals surface area contributed by atoms with E-state index in [2.05, 4.69) is 15.1 Å². The highest BCUT2D eigenvalue weighted by atomic mass is 16.2. The summed E-state index contributed by atoms with van der Waals surface area (Å²) in [6.45, 7) is 1.15. The minimum Gasteiger partial charge on any atom is -0.335 e. The van der Waals surface area contributed by atoms with Gasteiger partial charge in [0.15, 0.2) is 5.65 Å². The summed E-state index contributed by atoms with van der Waals surface area (Å²) in [5.41, 5.74) is 1.73. The number of imidazole rings is 1. The molecule has 1 aliphatic rings. The number of amides is 1. The van der Waals surface area contributed by atoms with Gasteiger partial charge in [-0.3, -0.25) is 18.6 Å². The SMILES string of the molecule is Cn1nccc1C(=O)N1CCC[C@H](n2c(=O)n(C)c3cncnc32)C1. The van der Waals surface area contributed by atoms with Gasteiger partial charge in [0.05, 0.1) is 12.2 Å². The Balaban J connectivity index is 1.69. The van der Waals surface area contributed by atoms with E-state index in [0.29, 0.717) is 29.9 Å². The summed E-state index contributed by atoms with van der Waals surface area (Å²) in [6, 6.07) is 1.61. The zero-order valence-electron chi connectivity index (χ0n) is 14.2. The maximum Gasteiger partial charge on any atom is 0.330 e. The fraction of sp³-hybridized carbons (Fsp3) is 0.438. The van der Waals surface area contributed by atoms with Gasteiger partial charge in [0, 0.05) is 33.4 Å². The van der Waals surface area contributed by atoms with E-state index in [1.165, 1.54) is 6.33 Å². The van der Waals surface area contributed by atoms with Gasteiger partial charge in [-0.15, -0.1) is 0 Å². The zero-order chi connectivity index (χ0) is 17.6. The van der Waals surface area contributed by atoms with Gasteiger partial charge in [-0.1, -0.05) is 0 Å². The van der Waals surface area contributed by atoms with Gasteiger partial charge in [0.2, 0.25) is 0 Å². The summed E-state index contributed by atoms with van der Waals surface area (Å²) >= 11 is 0. The Hall–Kier alpha value is -2.97. The second-order valence-corrected chi connectivity index (χ2v) is 6.33. The third-order valence-corrected chi connectivity index (χ3v) is 4.84. The van der Waals surface area contributed by atoms with Gasteiger partial charge in [-0.05, 0) is 18.9 Å². The number of likely N-dealkylation sites (tertiary alicyclic amines) is 1. The molecule has 1 aliphatic heterocycles. The number of aromatic nitrogens is 6. The van der Waals surface area contributed by atoms with Crippen LogP contribution in [0.25, 0.3) is 11.2 Å². The molecule has 0 unspecified atom stereocenters. The van der Waals surface area contributed by atoms with Gasteiger partial charge < -0.3 is 4.90 Å². The first-order chi connectivity index (χ1) is 12.1. The Bertz CT molecular complexity index is 999. The lowest BCUT2D eigenvalue weighted by Gasteiger charge is -2.33. The van der Waals surface area contributed by atoms with Crippen LogP contribution < -0.4 is 5.69 Å². The Kier molecular flexibility index (Phi) is 3.63. The van der Waals surface area contributed by atoms with Gasteiger partial charge in [-0.2, -0.15) is 5.10 Å². The second-order valence-electron chi connectivity index (χ2n) is 6.33. The number of piperidine rings is 1. The van der Waals surface area contributed by atoms with Crippen molar-refractivity contribution in [1.29, 1.82) is 0 Å². The summed E-state index contributed by atoms with van der Waals surface area (Å²) in [6.07, 6.45) is 6.36. The number of hydrogen-bond donors (Lipinski definition) is 0. The van der Waals surface area contributed by atoms with Crippen LogP contribution >= 0.6 is 0 Å². The molecule has 1 fully saturated rings. The van der Waals surface area contributed by atoms with E-state index >= 15 is 0 Å². The standard InChI is InChI=1S/C16H19N7O2/c1-20-13-8-17-10-18-14(13)23(16(20)25)11-4-3-7-22(9-11)15(24)12-5-6-19-21(12)2/h5-6,8,10-11H,3-4,7,9H2,1-2H3/t11-/m0/s1. The molecule has 1 amide bonds. The van der Waals surface area contributed by atoms with E-state index in [0.717, 1.165) is 12.8 Å². The van der Waals surface area contributed by atoms with Crippen LogP contribution in [0.4, 0.5) is 0 Å². The van der Waals surface area contributed by atoms with E-state index in [9.17, 15) is 9.59 Å². The molecule has 0 aromatic carbocycles. The molecule has 3 aromatic heterocycles. The molecule has 0 spiro atoms. The average Bonchev–Trinajstić information content (AvgIpc) is 3.17. The van der Waals surface area contributed by atoms with Gasteiger partial charge in [-0.25, -0.2) is 14.8 Å². The largest absolute Gasteiger partial charge is 0.335 e. The molecule has 0 N–H and O–H groups in total. The van der Waals surface area contributed by atoms with Crippen molar-refractivity contribution in [3.8, 4) is 0 Å². The summed E-state index contributed by atoms with van der Waals surface area (Å²) in [7, 11) is 3.46. The predicted octanol–water partition coefficient (Wildman–Crippen LogP) is 0.341. The quantitative estimate of drug-likeness (QED) is 0.670. The van der Waals surface area contributed by atoms with E-state index < -0.39 is 0 Å². The lowest BCUT2D eigenvalue weighted by Crippen LogP contribution is -2.43. The van der Waals surface area contributed by atoms with Crippen molar-refractivity contribution in [2.75, 3.05) is 13.1 Å². The zero-order valence-corrected chi connectivity index (χ0v) is 14.2. The number of fused-ring (bicyclic) bond motifs is 1. The third-order valence-electron chi connectivity index (χ3n) is 4.84. The van der Waals surface area contributed by atoms with Crippen molar-refractivity contribution in [3.05, 3.63) is 41.0 Å². The molecule has 0 radical (unpaired) electrons. The summed E-state index contributed by atoms with van der Waals surface area (Å²) in [4.78, 5) is 35.5. The molecular weight excluding hydrogens is 322 g/mol. The lowest BCUT2D eigenvalue weighted by atomic mass is 10.1. The van der Waals surface area contributed by atoms with E-state index in [1.54, 1.807) is 51.3 Å². The molecule has 0 aliphatic carbocycles. The summed E-state index contributed by atoms with van der Waals surface area (Å²) in [5.74, 6) is -0.0624. The third kappa shape index (κ3) is 2.43. The minimum atomic E-state index is -0.129. The Labute approximate surface area is 143 Å². The van der Waals surface area contributed by atoms with Gasteiger partial charge in [0.1, 0.15) is 17.5 Å². The van der Waals surface area contributed by atoms with Crippen LogP contribution in [0.2, 0.25) is 0 Å². The smallest absolute Gasteiger partial charge is 0.330 e. The highest BCUT2D eigenvalue weighted by Crippen LogP contribution is 2.24. The molecule has 9 heteroatoms. The molecule has 4 heterocycles. The second kappa shape index (κ2) is 5.83. The van der Waals surface area contributed by atoms with E-state index in [-0.39, 0.29) is 17.6 Å². The van der Waals surface area contributed by atoms with Gasteiger partial charge >= 0.3 is 5.69 Å². The van der Waals surface area contributed by atoms with Crippen molar-refractivity contribution < 1.29 is 4.79 Å². The van der Waals surface area contributed by atoms with Crippen LogP contribution in [-0.2, 0) is 14.1 Å².